The Morgan fingerprint density at radius 1 is 1.35 bits per heavy atom. The van der Waals surface area contributed by atoms with E-state index in [1.54, 1.807) is 7.05 Å². The van der Waals surface area contributed by atoms with E-state index in [0.717, 1.165) is 12.1 Å². The number of hydrogen-bond acceptors (Lipinski definition) is 2. The lowest BCUT2D eigenvalue weighted by Crippen LogP contribution is -2.23. The highest BCUT2D eigenvalue weighted by Gasteiger charge is 2.30. The van der Waals surface area contributed by atoms with Gasteiger partial charge in [-0.2, -0.15) is 13.2 Å². The first-order chi connectivity index (χ1) is 7.84. The van der Waals surface area contributed by atoms with Crippen LogP contribution < -0.4 is 11.1 Å². The molecule has 0 aliphatic carbocycles. The third-order valence-electron chi connectivity index (χ3n) is 2.39. The first kappa shape index (κ1) is 13.5. The first-order valence-electron chi connectivity index (χ1n) is 4.97. The molecule has 1 unspecified atom stereocenters. The maximum Gasteiger partial charge on any atom is 0.416 e. The van der Waals surface area contributed by atoms with E-state index < -0.39 is 17.6 Å². The van der Waals surface area contributed by atoms with E-state index >= 15 is 0 Å². The molecule has 0 saturated heterocycles. The minimum Gasteiger partial charge on any atom is -0.370 e. The Balaban J connectivity index is 2.89. The summed E-state index contributed by atoms with van der Waals surface area (Å²) in [4.78, 5) is 10.8. The molecule has 1 atom stereocenters. The van der Waals surface area contributed by atoms with Gasteiger partial charge in [-0.05, 0) is 24.7 Å². The normalized spacial score (nSPS) is 13.4. The van der Waals surface area contributed by atoms with Gasteiger partial charge in [-0.3, -0.25) is 4.79 Å². The zero-order chi connectivity index (χ0) is 13.1. The second kappa shape index (κ2) is 5.18. The van der Waals surface area contributed by atoms with Crippen LogP contribution in [0.5, 0.6) is 0 Å². The molecule has 3 nitrogen and oxygen atoms in total. The summed E-state index contributed by atoms with van der Waals surface area (Å²) in [5, 5.41) is 2.83. The minimum atomic E-state index is -4.35. The number of nitrogens with two attached hydrogens (primary N) is 1. The van der Waals surface area contributed by atoms with Crippen molar-refractivity contribution in [2.75, 3.05) is 7.05 Å². The topological polar surface area (TPSA) is 55.1 Å². The SMILES string of the molecule is CNC(CC(N)=O)c1ccc(C(F)(F)F)cc1. The molecule has 3 N–H and O–H groups in total. The summed E-state index contributed by atoms with van der Waals surface area (Å²) in [7, 11) is 1.62. The van der Waals surface area contributed by atoms with Gasteiger partial charge < -0.3 is 11.1 Å². The Morgan fingerprint density at radius 2 is 1.88 bits per heavy atom. The second-order valence-corrected chi connectivity index (χ2v) is 3.63. The van der Waals surface area contributed by atoms with Crippen LogP contribution in [0.1, 0.15) is 23.6 Å². The van der Waals surface area contributed by atoms with Gasteiger partial charge in [-0.15, -0.1) is 0 Å². The molecule has 1 aromatic carbocycles. The number of halogens is 3. The van der Waals surface area contributed by atoms with Crippen molar-refractivity contribution in [3.05, 3.63) is 35.4 Å². The van der Waals surface area contributed by atoms with Crippen LogP contribution in [0.3, 0.4) is 0 Å². The van der Waals surface area contributed by atoms with Crippen molar-refractivity contribution in [1.82, 2.24) is 5.32 Å². The molecule has 1 aromatic rings. The monoisotopic (exact) mass is 246 g/mol. The number of carbonyl (C=O) groups is 1. The Morgan fingerprint density at radius 3 is 2.24 bits per heavy atom. The van der Waals surface area contributed by atoms with E-state index in [0.29, 0.717) is 5.56 Å². The van der Waals surface area contributed by atoms with E-state index in [1.807, 2.05) is 0 Å². The summed E-state index contributed by atoms with van der Waals surface area (Å²) in [5.41, 5.74) is 4.93. The Kier molecular flexibility index (Phi) is 4.11. The number of primary amides is 1. The van der Waals surface area contributed by atoms with Crippen molar-refractivity contribution in [2.24, 2.45) is 5.73 Å². The number of amides is 1. The van der Waals surface area contributed by atoms with Gasteiger partial charge in [0.05, 0.1) is 5.56 Å². The molecule has 94 valence electrons. The van der Waals surface area contributed by atoms with Gasteiger partial charge >= 0.3 is 6.18 Å². The van der Waals surface area contributed by atoms with Crippen molar-refractivity contribution in [1.29, 1.82) is 0 Å². The zero-order valence-corrected chi connectivity index (χ0v) is 9.21. The van der Waals surface area contributed by atoms with Crippen LogP contribution in [0.15, 0.2) is 24.3 Å². The summed E-state index contributed by atoms with van der Waals surface area (Å²) < 4.78 is 37.0. The zero-order valence-electron chi connectivity index (χ0n) is 9.21. The fourth-order valence-electron chi connectivity index (χ4n) is 1.49. The number of carbonyl (C=O) groups excluding carboxylic acids is 1. The van der Waals surface area contributed by atoms with Gasteiger partial charge in [-0.25, -0.2) is 0 Å². The molecular weight excluding hydrogens is 233 g/mol. The predicted molar refractivity (Wildman–Crippen MR) is 57.1 cm³/mol. The lowest BCUT2D eigenvalue weighted by atomic mass is 10.0. The number of rotatable bonds is 4. The molecule has 0 spiro atoms. The summed E-state index contributed by atoms with van der Waals surface area (Å²) >= 11 is 0. The summed E-state index contributed by atoms with van der Waals surface area (Å²) in [6.45, 7) is 0. The summed E-state index contributed by atoms with van der Waals surface area (Å²) in [6, 6.07) is 4.29. The average molecular weight is 246 g/mol. The lowest BCUT2D eigenvalue weighted by Gasteiger charge is -2.15. The van der Waals surface area contributed by atoms with E-state index in [-0.39, 0.29) is 12.5 Å². The lowest BCUT2D eigenvalue weighted by molar-refractivity contribution is -0.137. The van der Waals surface area contributed by atoms with Crippen molar-refractivity contribution in [2.45, 2.75) is 18.6 Å². The summed E-state index contributed by atoms with van der Waals surface area (Å²) in [6.07, 6.45) is -4.31. The second-order valence-electron chi connectivity index (χ2n) is 3.63. The van der Waals surface area contributed by atoms with Crippen LogP contribution in [0, 0.1) is 0 Å². The van der Waals surface area contributed by atoms with Crippen molar-refractivity contribution < 1.29 is 18.0 Å². The van der Waals surface area contributed by atoms with Gasteiger partial charge in [0.25, 0.3) is 0 Å². The fourth-order valence-corrected chi connectivity index (χ4v) is 1.49. The Bertz CT molecular complexity index is 387. The maximum absolute atomic E-state index is 12.3. The number of hydrogen-bond donors (Lipinski definition) is 2. The largest absolute Gasteiger partial charge is 0.416 e. The molecule has 0 aromatic heterocycles. The molecule has 0 bridgehead atoms. The Labute approximate surface area is 96.8 Å². The van der Waals surface area contributed by atoms with Gasteiger partial charge in [0, 0.05) is 12.5 Å². The Hall–Kier alpha value is -1.56. The molecule has 0 aliphatic rings. The highest BCUT2D eigenvalue weighted by atomic mass is 19.4. The minimum absolute atomic E-state index is 0.0435. The third kappa shape index (κ3) is 3.74. The van der Waals surface area contributed by atoms with Gasteiger partial charge in [0.2, 0.25) is 5.91 Å². The number of benzene rings is 1. The van der Waals surface area contributed by atoms with Gasteiger partial charge in [-0.1, -0.05) is 12.1 Å². The van der Waals surface area contributed by atoms with Crippen LogP contribution in [-0.2, 0) is 11.0 Å². The molecule has 0 aliphatic heterocycles. The molecule has 0 radical (unpaired) electrons. The van der Waals surface area contributed by atoms with Crippen molar-refractivity contribution >= 4 is 5.91 Å². The molecular formula is C11H13F3N2O. The average Bonchev–Trinajstić information content (AvgIpc) is 2.24. The van der Waals surface area contributed by atoms with Crippen LogP contribution in [0.2, 0.25) is 0 Å². The van der Waals surface area contributed by atoms with Crippen LogP contribution in [0.4, 0.5) is 13.2 Å². The van der Waals surface area contributed by atoms with E-state index in [4.69, 9.17) is 5.73 Å². The molecule has 6 heteroatoms. The molecule has 0 heterocycles. The molecule has 0 saturated carbocycles. The van der Waals surface area contributed by atoms with E-state index in [2.05, 4.69) is 5.32 Å². The standard InChI is InChI=1S/C11H13F3N2O/c1-16-9(6-10(15)17)7-2-4-8(5-3-7)11(12,13)14/h2-5,9,16H,6H2,1H3,(H2,15,17). The fraction of sp³-hybridized carbons (Fsp3) is 0.364. The van der Waals surface area contributed by atoms with Crippen LogP contribution >= 0.6 is 0 Å². The molecule has 1 amide bonds. The summed E-state index contributed by atoms with van der Waals surface area (Å²) in [5.74, 6) is -0.510. The highest BCUT2D eigenvalue weighted by Crippen LogP contribution is 2.30. The van der Waals surface area contributed by atoms with Gasteiger partial charge in [0.15, 0.2) is 0 Å². The third-order valence-corrected chi connectivity index (χ3v) is 2.39. The number of nitrogens with one attached hydrogen (secondary N) is 1. The molecule has 0 fully saturated rings. The maximum atomic E-state index is 12.3. The van der Waals surface area contributed by atoms with E-state index in [1.165, 1.54) is 12.1 Å². The first-order valence-corrected chi connectivity index (χ1v) is 4.97. The number of alkyl halides is 3. The highest BCUT2D eigenvalue weighted by molar-refractivity contribution is 5.74. The van der Waals surface area contributed by atoms with Crippen LogP contribution in [0.25, 0.3) is 0 Å². The smallest absolute Gasteiger partial charge is 0.370 e. The van der Waals surface area contributed by atoms with E-state index in [9.17, 15) is 18.0 Å². The quantitative estimate of drug-likeness (QED) is 0.851. The molecule has 1 rings (SSSR count). The molecule has 17 heavy (non-hydrogen) atoms. The predicted octanol–water partition coefficient (Wildman–Crippen LogP) is 1.84. The van der Waals surface area contributed by atoms with Gasteiger partial charge in [0.1, 0.15) is 0 Å². The van der Waals surface area contributed by atoms with Crippen LogP contribution in [-0.4, -0.2) is 13.0 Å². The van der Waals surface area contributed by atoms with Crippen molar-refractivity contribution in [3.63, 3.8) is 0 Å². The van der Waals surface area contributed by atoms with Crippen molar-refractivity contribution in [3.8, 4) is 0 Å².